The smallest absolute Gasteiger partial charge is 0.277 e. The second kappa shape index (κ2) is 11.6. The van der Waals surface area contributed by atoms with Gasteiger partial charge in [0.1, 0.15) is 5.69 Å². The molecule has 1 aliphatic carbocycles. The number of fused-ring (bicyclic) bond motifs is 1. The summed E-state index contributed by atoms with van der Waals surface area (Å²) >= 11 is 1.54. The van der Waals surface area contributed by atoms with E-state index >= 15 is 0 Å². The highest BCUT2D eigenvalue weighted by molar-refractivity contribution is 7.15. The fraction of sp³-hybridized carbons (Fsp3) is 0.300. The normalized spacial score (nSPS) is 17.9. The van der Waals surface area contributed by atoms with Crippen molar-refractivity contribution in [1.82, 2.24) is 40.5 Å². The van der Waals surface area contributed by atoms with Crippen LogP contribution in [0, 0.1) is 0 Å². The molecule has 14 heteroatoms. The van der Waals surface area contributed by atoms with Crippen molar-refractivity contribution in [1.29, 1.82) is 0 Å². The molecule has 0 saturated carbocycles. The van der Waals surface area contributed by atoms with Crippen molar-refractivity contribution >= 4 is 34.1 Å². The van der Waals surface area contributed by atoms with Gasteiger partial charge in [-0.3, -0.25) is 14.9 Å². The minimum atomic E-state index is -0.282. The predicted octanol–water partition coefficient (Wildman–Crippen LogP) is 3.66. The largest absolute Gasteiger partial charge is 0.378 e. The fourth-order valence-electron chi connectivity index (χ4n) is 5.99. The minimum absolute atomic E-state index is 0.0281. The predicted molar refractivity (Wildman–Crippen MR) is 163 cm³/mol. The number of hydrogen-bond acceptors (Lipinski definition) is 11. The molecule has 0 spiro atoms. The molecule has 3 aromatic heterocycles. The van der Waals surface area contributed by atoms with Crippen molar-refractivity contribution < 1.29 is 14.2 Å². The molecule has 1 aliphatic heterocycles. The summed E-state index contributed by atoms with van der Waals surface area (Å²) in [7, 11) is 1.98. The van der Waals surface area contributed by atoms with E-state index in [0.717, 1.165) is 43.4 Å². The van der Waals surface area contributed by atoms with E-state index in [1.54, 1.807) is 11.0 Å². The second-order valence-electron chi connectivity index (χ2n) is 10.9. The van der Waals surface area contributed by atoms with Gasteiger partial charge < -0.3 is 16.0 Å². The summed E-state index contributed by atoms with van der Waals surface area (Å²) in [6, 6.07) is 16.9. The Bertz CT molecular complexity index is 1830. The molecule has 1 saturated heterocycles. The third kappa shape index (κ3) is 5.11. The summed E-state index contributed by atoms with van der Waals surface area (Å²) in [5.41, 5.74) is 9.71. The fourth-order valence-corrected chi connectivity index (χ4v) is 7.07. The Morgan fingerprint density at radius 2 is 1.95 bits per heavy atom. The highest BCUT2D eigenvalue weighted by atomic mass is 32.1. The van der Waals surface area contributed by atoms with Crippen molar-refractivity contribution in [3.63, 3.8) is 0 Å². The molecule has 44 heavy (non-hydrogen) atoms. The molecule has 2 aliphatic rings. The number of aromatic nitrogens is 6. The van der Waals surface area contributed by atoms with Crippen LogP contribution in [0.15, 0.2) is 59.2 Å². The summed E-state index contributed by atoms with van der Waals surface area (Å²) in [4.78, 5) is 35.1. The summed E-state index contributed by atoms with van der Waals surface area (Å²) in [6.45, 7) is 0.535. The Labute approximate surface area is 256 Å². The third-order valence-corrected chi connectivity index (χ3v) is 9.27. The molecule has 224 valence electrons. The lowest BCUT2D eigenvalue weighted by Gasteiger charge is -2.25. The molecule has 4 heterocycles. The van der Waals surface area contributed by atoms with Gasteiger partial charge in [-0.2, -0.15) is 4.68 Å². The molecule has 2 aromatic carbocycles. The van der Waals surface area contributed by atoms with Gasteiger partial charge in [0.25, 0.3) is 11.8 Å². The molecule has 0 unspecified atom stereocenters. The van der Waals surface area contributed by atoms with E-state index in [2.05, 4.69) is 36.2 Å². The molecule has 0 radical (unpaired) electrons. The Morgan fingerprint density at radius 1 is 1.09 bits per heavy atom. The average Bonchev–Trinajstić information content (AvgIpc) is 3.86. The summed E-state index contributed by atoms with van der Waals surface area (Å²) < 4.78 is 6.16. The van der Waals surface area contributed by atoms with Crippen molar-refractivity contribution in [2.24, 2.45) is 0 Å². The number of anilines is 2. The van der Waals surface area contributed by atoms with E-state index < -0.39 is 0 Å². The van der Waals surface area contributed by atoms with Crippen LogP contribution in [0.3, 0.4) is 0 Å². The van der Waals surface area contributed by atoms with Crippen LogP contribution in [0.1, 0.15) is 62.3 Å². The number of carbonyl (C=O) groups is 2. The Morgan fingerprint density at radius 3 is 2.75 bits per heavy atom. The number of nitrogens with two attached hydrogens (primary N) is 1. The maximum absolute atomic E-state index is 14.1. The number of amides is 2. The second-order valence-corrected chi connectivity index (χ2v) is 12.0. The van der Waals surface area contributed by atoms with Crippen LogP contribution in [0.5, 0.6) is 0 Å². The molecule has 5 aromatic rings. The molecule has 7 rings (SSSR count). The molecule has 13 nitrogen and oxygen atoms in total. The number of carbonyl (C=O) groups excluding carboxylic acids is 2. The number of nitrogens with zero attached hydrogens (tertiary/aromatic N) is 7. The van der Waals surface area contributed by atoms with E-state index in [9.17, 15) is 9.59 Å². The first kappa shape index (κ1) is 27.9. The highest BCUT2D eigenvalue weighted by Gasteiger charge is 2.35. The van der Waals surface area contributed by atoms with Crippen LogP contribution in [0.25, 0.3) is 17.1 Å². The monoisotopic (exact) mass is 610 g/mol. The Balaban J connectivity index is 1.15. The zero-order valence-corrected chi connectivity index (χ0v) is 24.8. The number of nitrogen functional groups attached to an aromatic ring is 1. The molecule has 0 bridgehead atoms. The van der Waals surface area contributed by atoms with E-state index in [-0.39, 0.29) is 35.2 Å². The van der Waals surface area contributed by atoms with Gasteiger partial charge in [-0.25, -0.2) is 9.61 Å². The topological polar surface area (TPSA) is 170 Å². The maximum atomic E-state index is 14.1. The number of likely N-dealkylation sites (N-methyl/N-ethyl adjacent to an activating group) is 1. The van der Waals surface area contributed by atoms with Crippen LogP contribution in [0.4, 0.5) is 10.9 Å². The quantitative estimate of drug-likeness (QED) is 0.247. The number of aryl methyl sites for hydroxylation is 1. The highest BCUT2D eigenvalue weighted by Crippen LogP contribution is 2.36. The number of likely N-dealkylation sites (tertiary alicyclic amines) is 1. The maximum Gasteiger partial charge on any atom is 0.277 e. The van der Waals surface area contributed by atoms with E-state index in [1.165, 1.54) is 20.9 Å². The zero-order chi connectivity index (χ0) is 30.2. The first-order valence-electron chi connectivity index (χ1n) is 14.5. The van der Waals surface area contributed by atoms with Crippen LogP contribution in [-0.2, 0) is 12.8 Å². The molecular weight excluding hydrogens is 580 g/mol. The van der Waals surface area contributed by atoms with Gasteiger partial charge in [-0.1, -0.05) is 47.7 Å². The van der Waals surface area contributed by atoms with Crippen molar-refractivity contribution in [2.45, 2.75) is 44.2 Å². The lowest BCUT2D eigenvalue weighted by molar-refractivity contribution is 0.0730. The van der Waals surface area contributed by atoms with E-state index in [4.69, 9.17) is 10.4 Å². The first-order valence-corrected chi connectivity index (χ1v) is 15.3. The summed E-state index contributed by atoms with van der Waals surface area (Å²) in [6.07, 6.45) is 4.41. The van der Waals surface area contributed by atoms with E-state index in [1.807, 2.05) is 55.6 Å². The van der Waals surface area contributed by atoms with Crippen LogP contribution in [-0.4, -0.2) is 66.6 Å². The lowest BCUT2D eigenvalue weighted by atomic mass is 9.98. The van der Waals surface area contributed by atoms with Gasteiger partial charge >= 0.3 is 0 Å². The average molecular weight is 611 g/mol. The Kier molecular flexibility index (Phi) is 7.36. The molecule has 1 fully saturated rings. The number of hydrogen-bond donors (Lipinski definition) is 3. The van der Waals surface area contributed by atoms with Crippen molar-refractivity contribution in [3.05, 3.63) is 82.0 Å². The van der Waals surface area contributed by atoms with Crippen molar-refractivity contribution in [2.75, 3.05) is 24.6 Å². The molecule has 2 amide bonds. The number of rotatable bonds is 7. The van der Waals surface area contributed by atoms with Crippen molar-refractivity contribution in [3.8, 4) is 17.1 Å². The van der Waals surface area contributed by atoms with Crippen LogP contribution in [0.2, 0.25) is 0 Å². The molecule has 2 atom stereocenters. The Hall–Kier alpha value is -4.95. The summed E-state index contributed by atoms with van der Waals surface area (Å²) in [5.74, 6) is -0.335. The summed E-state index contributed by atoms with van der Waals surface area (Å²) in [5, 5.41) is 22.9. The van der Waals surface area contributed by atoms with Gasteiger partial charge in [-0.05, 0) is 67.2 Å². The SMILES string of the molecule is CN[C@H]1CCc2nc(NC(=O)c3cccc([C@H]4CCCN4C(=O)c4nnn(-c5nonc5N)c4-c4ccccc4)c3)sc2C1. The van der Waals surface area contributed by atoms with Gasteiger partial charge in [0, 0.05) is 28.6 Å². The lowest BCUT2D eigenvalue weighted by Crippen LogP contribution is -2.31. The van der Waals surface area contributed by atoms with Gasteiger partial charge in [0.05, 0.1) is 11.7 Å². The number of nitrogens with one attached hydrogen (secondary N) is 2. The van der Waals surface area contributed by atoms with Gasteiger partial charge in [0.15, 0.2) is 10.8 Å². The molecule has 4 N–H and O–H groups in total. The number of benzene rings is 2. The third-order valence-electron chi connectivity index (χ3n) is 8.23. The number of thiazole rings is 1. The standard InChI is InChI=1S/C30H30N10O3S/c1-32-20-12-13-21-23(16-20)44-30(33-21)34-28(41)19-10-5-9-18(15-19)22-11-6-14-39(22)29(42)24-25(17-7-3-2-4-8-17)40(38-35-24)27-26(31)36-43-37-27/h2-5,7-10,15,20,22,32H,6,11-14,16H2,1H3,(H2,31,36)(H,33,34,41)/t20-,22+/m0/s1. The van der Waals surface area contributed by atoms with Crippen LogP contribution < -0.4 is 16.4 Å². The van der Waals surface area contributed by atoms with Gasteiger partial charge in [-0.15, -0.1) is 16.4 Å². The van der Waals surface area contributed by atoms with Gasteiger partial charge in [0.2, 0.25) is 11.6 Å². The first-order chi connectivity index (χ1) is 21.5. The zero-order valence-electron chi connectivity index (χ0n) is 23.9. The molecular formula is C30H30N10O3S. The minimum Gasteiger partial charge on any atom is -0.378 e. The van der Waals surface area contributed by atoms with E-state index in [0.29, 0.717) is 34.5 Å². The van der Waals surface area contributed by atoms with Crippen LogP contribution >= 0.6 is 11.3 Å².